The molecule has 2 aromatic heterocycles. The minimum absolute atomic E-state index is 0.187. The number of thiazole rings is 1. The van der Waals surface area contributed by atoms with E-state index in [4.69, 9.17) is 0 Å². The molecule has 1 saturated heterocycles. The van der Waals surface area contributed by atoms with Gasteiger partial charge in [-0.1, -0.05) is 6.92 Å². The van der Waals surface area contributed by atoms with Gasteiger partial charge >= 0.3 is 0 Å². The highest BCUT2D eigenvalue weighted by Crippen LogP contribution is 2.26. The van der Waals surface area contributed by atoms with Gasteiger partial charge in [0.25, 0.3) is 0 Å². The lowest BCUT2D eigenvalue weighted by Crippen LogP contribution is -2.49. The van der Waals surface area contributed by atoms with E-state index in [1.807, 2.05) is 29.6 Å². The molecule has 0 N–H and O–H groups in total. The van der Waals surface area contributed by atoms with Crippen molar-refractivity contribution in [1.82, 2.24) is 19.7 Å². The average molecular weight is 347 g/mol. The van der Waals surface area contributed by atoms with Gasteiger partial charge in [-0.2, -0.15) is 5.10 Å². The third-order valence-corrected chi connectivity index (χ3v) is 5.78. The number of anilines is 1. The Hall–Kier alpha value is -1.89. The molecule has 0 aliphatic carbocycles. The predicted molar refractivity (Wildman–Crippen MR) is 96.7 cm³/mol. The summed E-state index contributed by atoms with van der Waals surface area (Å²) in [5.41, 5.74) is 3.14. The van der Waals surface area contributed by atoms with E-state index in [2.05, 4.69) is 28.8 Å². The number of carbonyl (C=O) groups is 1. The molecule has 0 radical (unpaired) electrons. The molecule has 0 unspecified atom stereocenters. The Kier molecular flexibility index (Phi) is 4.89. The summed E-state index contributed by atoms with van der Waals surface area (Å²) in [5.74, 6) is 0.187. The summed E-state index contributed by atoms with van der Waals surface area (Å²) in [6.07, 6.45) is 1.33. The van der Waals surface area contributed by atoms with Gasteiger partial charge in [0.05, 0.1) is 17.8 Å². The van der Waals surface area contributed by atoms with Gasteiger partial charge in [-0.05, 0) is 26.3 Å². The molecule has 0 bridgehead atoms. The second-order valence-electron chi connectivity index (χ2n) is 6.29. The molecule has 1 amide bonds. The second-order valence-corrected chi connectivity index (χ2v) is 7.47. The lowest BCUT2D eigenvalue weighted by molar-refractivity contribution is -0.130. The van der Waals surface area contributed by atoms with Crippen LogP contribution in [-0.2, 0) is 24.7 Å². The minimum atomic E-state index is 0.187. The summed E-state index contributed by atoms with van der Waals surface area (Å²) in [6.45, 7) is 9.45. The zero-order valence-electron chi connectivity index (χ0n) is 14.9. The normalized spacial score (nSPS) is 15.2. The van der Waals surface area contributed by atoms with E-state index in [9.17, 15) is 4.79 Å². The Labute approximate surface area is 147 Å². The molecule has 2 aromatic rings. The number of nitrogens with zero attached hydrogens (tertiary/aromatic N) is 5. The third-order valence-electron chi connectivity index (χ3n) is 4.64. The molecule has 1 aliphatic heterocycles. The van der Waals surface area contributed by atoms with E-state index in [1.165, 1.54) is 4.88 Å². The molecule has 1 aliphatic rings. The third kappa shape index (κ3) is 3.45. The zero-order chi connectivity index (χ0) is 17.3. The maximum Gasteiger partial charge on any atom is 0.228 e. The van der Waals surface area contributed by atoms with Crippen LogP contribution in [0, 0.1) is 13.8 Å². The number of rotatable bonds is 4. The lowest BCUT2D eigenvalue weighted by Gasteiger charge is -2.34. The van der Waals surface area contributed by atoms with Crippen LogP contribution in [0.4, 0.5) is 5.13 Å². The fourth-order valence-corrected chi connectivity index (χ4v) is 3.88. The molecule has 0 atom stereocenters. The highest BCUT2D eigenvalue weighted by Gasteiger charge is 2.24. The molecule has 3 rings (SSSR count). The molecule has 0 aromatic carbocycles. The van der Waals surface area contributed by atoms with E-state index >= 15 is 0 Å². The van der Waals surface area contributed by atoms with Gasteiger partial charge in [0.1, 0.15) is 0 Å². The molecule has 6 nitrogen and oxygen atoms in total. The van der Waals surface area contributed by atoms with Crippen LogP contribution in [0.5, 0.6) is 0 Å². The van der Waals surface area contributed by atoms with Crippen molar-refractivity contribution in [3.63, 3.8) is 0 Å². The topological polar surface area (TPSA) is 54.3 Å². The van der Waals surface area contributed by atoms with E-state index in [1.54, 1.807) is 11.3 Å². The van der Waals surface area contributed by atoms with Crippen molar-refractivity contribution in [2.75, 3.05) is 31.1 Å². The van der Waals surface area contributed by atoms with Gasteiger partial charge in [0, 0.05) is 43.8 Å². The minimum Gasteiger partial charge on any atom is -0.345 e. The standard InChI is InChI=1S/C17H25N5OS/c1-5-14-10-15(20(4)19-14)11-16(23)21-6-8-22(9-7-21)17-18-12(2)13(3)24-17/h10H,5-9,11H2,1-4H3. The van der Waals surface area contributed by atoms with Crippen LogP contribution >= 0.6 is 11.3 Å². The zero-order valence-corrected chi connectivity index (χ0v) is 15.7. The van der Waals surface area contributed by atoms with E-state index in [-0.39, 0.29) is 5.91 Å². The maximum atomic E-state index is 12.6. The van der Waals surface area contributed by atoms with Crippen LogP contribution in [0.1, 0.15) is 28.9 Å². The molecule has 1 fully saturated rings. The molecular weight excluding hydrogens is 322 g/mol. The average Bonchev–Trinajstić information content (AvgIpc) is 3.10. The number of hydrogen-bond acceptors (Lipinski definition) is 5. The summed E-state index contributed by atoms with van der Waals surface area (Å²) < 4.78 is 1.83. The van der Waals surface area contributed by atoms with Crippen molar-refractivity contribution in [3.8, 4) is 0 Å². The largest absolute Gasteiger partial charge is 0.345 e. The van der Waals surface area contributed by atoms with Crippen molar-refractivity contribution >= 4 is 22.4 Å². The molecule has 130 valence electrons. The second kappa shape index (κ2) is 6.93. The van der Waals surface area contributed by atoms with Crippen molar-refractivity contribution in [2.45, 2.75) is 33.6 Å². The summed E-state index contributed by atoms with van der Waals surface area (Å²) >= 11 is 1.74. The first kappa shape index (κ1) is 17.0. The summed E-state index contributed by atoms with van der Waals surface area (Å²) in [4.78, 5) is 22.7. The number of amides is 1. The highest BCUT2D eigenvalue weighted by atomic mass is 32.1. The van der Waals surface area contributed by atoms with Crippen molar-refractivity contribution in [3.05, 3.63) is 28.0 Å². The SMILES string of the molecule is CCc1cc(CC(=O)N2CCN(c3nc(C)c(C)s3)CC2)n(C)n1. The summed E-state index contributed by atoms with van der Waals surface area (Å²) in [7, 11) is 1.91. The van der Waals surface area contributed by atoms with E-state index in [0.717, 1.165) is 54.8 Å². The van der Waals surface area contributed by atoms with Crippen LogP contribution in [0.25, 0.3) is 0 Å². The maximum absolute atomic E-state index is 12.6. The van der Waals surface area contributed by atoms with Crippen molar-refractivity contribution in [2.24, 2.45) is 7.05 Å². The Morgan fingerprint density at radius 1 is 1.25 bits per heavy atom. The first-order valence-electron chi connectivity index (χ1n) is 8.46. The van der Waals surface area contributed by atoms with Crippen LogP contribution in [0.2, 0.25) is 0 Å². The molecule has 0 saturated carbocycles. The van der Waals surface area contributed by atoms with E-state index < -0.39 is 0 Å². The fourth-order valence-electron chi connectivity index (χ4n) is 2.91. The molecule has 24 heavy (non-hydrogen) atoms. The first-order valence-corrected chi connectivity index (χ1v) is 9.28. The number of piperazine rings is 1. The number of aryl methyl sites for hydroxylation is 4. The molecule has 7 heteroatoms. The monoisotopic (exact) mass is 347 g/mol. The quantitative estimate of drug-likeness (QED) is 0.848. The van der Waals surface area contributed by atoms with Gasteiger partial charge in [-0.3, -0.25) is 9.48 Å². The Bertz CT molecular complexity index is 708. The summed E-state index contributed by atoms with van der Waals surface area (Å²) in [6, 6.07) is 2.04. The van der Waals surface area contributed by atoms with Gasteiger partial charge < -0.3 is 9.80 Å². The van der Waals surface area contributed by atoms with Crippen LogP contribution in [-0.4, -0.2) is 51.8 Å². The first-order chi connectivity index (χ1) is 11.5. The molecule has 3 heterocycles. The van der Waals surface area contributed by atoms with E-state index in [0.29, 0.717) is 6.42 Å². The number of hydrogen-bond donors (Lipinski definition) is 0. The van der Waals surface area contributed by atoms with Crippen molar-refractivity contribution in [1.29, 1.82) is 0 Å². The predicted octanol–water partition coefficient (Wildman–Crippen LogP) is 1.95. The Morgan fingerprint density at radius 2 is 1.96 bits per heavy atom. The Morgan fingerprint density at radius 3 is 2.50 bits per heavy atom. The fraction of sp³-hybridized carbons (Fsp3) is 0.588. The highest BCUT2D eigenvalue weighted by molar-refractivity contribution is 7.15. The molecular formula is C17H25N5OS. The van der Waals surface area contributed by atoms with Crippen LogP contribution in [0.3, 0.4) is 0 Å². The van der Waals surface area contributed by atoms with Crippen LogP contribution in [0.15, 0.2) is 6.07 Å². The van der Waals surface area contributed by atoms with Crippen LogP contribution < -0.4 is 4.90 Å². The van der Waals surface area contributed by atoms with Crippen molar-refractivity contribution < 1.29 is 4.79 Å². The summed E-state index contributed by atoms with van der Waals surface area (Å²) in [5, 5.41) is 5.50. The Balaban J connectivity index is 1.57. The smallest absolute Gasteiger partial charge is 0.228 e. The number of aromatic nitrogens is 3. The lowest BCUT2D eigenvalue weighted by atomic mass is 10.2. The number of carbonyl (C=O) groups excluding carboxylic acids is 1. The van der Waals surface area contributed by atoms with Gasteiger partial charge in [-0.25, -0.2) is 4.98 Å². The molecule has 0 spiro atoms. The van der Waals surface area contributed by atoms with Gasteiger partial charge in [-0.15, -0.1) is 11.3 Å². The van der Waals surface area contributed by atoms with Gasteiger partial charge in [0.2, 0.25) is 5.91 Å². The van der Waals surface area contributed by atoms with Gasteiger partial charge in [0.15, 0.2) is 5.13 Å².